The molecule has 0 fully saturated rings. The van der Waals surface area contributed by atoms with Gasteiger partial charge >= 0.3 is 5.97 Å². The summed E-state index contributed by atoms with van der Waals surface area (Å²) < 4.78 is 15.0. The third-order valence-corrected chi connectivity index (χ3v) is 2.71. The smallest absolute Gasteiger partial charge is 0.340 e. The summed E-state index contributed by atoms with van der Waals surface area (Å²) in [6, 6.07) is 3.01. The van der Waals surface area contributed by atoms with E-state index in [1.807, 2.05) is 0 Å². The first-order chi connectivity index (χ1) is 9.44. The second-order valence-electron chi connectivity index (χ2n) is 4.39. The van der Waals surface area contributed by atoms with Crippen molar-refractivity contribution in [3.8, 4) is 11.5 Å². The first-order valence-electron chi connectivity index (χ1n) is 6.09. The second kappa shape index (κ2) is 6.79. The largest absolute Gasteiger partial charge is 0.493 e. The molecular formula is C14H19NO5. The Bertz CT molecular complexity index is 511. The van der Waals surface area contributed by atoms with Crippen molar-refractivity contribution in [2.24, 2.45) is 5.92 Å². The van der Waals surface area contributed by atoms with Crippen LogP contribution >= 0.6 is 0 Å². The Kier molecular flexibility index (Phi) is 5.37. The molecule has 0 unspecified atom stereocenters. The summed E-state index contributed by atoms with van der Waals surface area (Å²) in [7, 11) is 4.21. The highest BCUT2D eigenvalue weighted by molar-refractivity contribution is 6.02. The maximum Gasteiger partial charge on any atom is 0.340 e. The molecule has 0 aliphatic heterocycles. The summed E-state index contributed by atoms with van der Waals surface area (Å²) in [6.45, 7) is 3.52. The van der Waals surface area contributed by atoms with Gasteiger partial charge in [0.15, 0.2) is 11.5 Å². The molecule has 0 saturated heterocycles. The number of amides is 1. The molecule has 0 bridgehead atoms. The molecule has 0 aliphatic rings. The molecule has 6 heteroatoms. The molecule has 0 aliphatic carbocycles. The summed E-state index contributed by atoms with van der Waals surface area (Å²) in [5, 5.41) is 2.68. The number of esters is 1. The monoisotopic (exact) mass is 281 g/mol. The molecule has 0 heterocycles. The van der Waals surface area contributed by atoms with Crippen molar-refractivity contribution in [1.82, 2.24) is 0 Å². The zero-order chi connectivity index (χ0) is 15.3. The minimum absolute atomic E-state index is 0.206. The first-order valence-corrected chi connectivity index (χ1v) is 6.09. The number of carbonyl (C=O) groups excluding carboxylic acids is 2. The molecule has 0 atom stereocenters. The molecule has 1 aromatic carbocycles. The molecule has 1 aromatic rings. The van der Waals surface area contributed by atoms with Crippen LogP contribution in [0.5, 0.6) is 11.5 Å². The molecule has 0 aromatic heterocycles. The van der Waals surface area contributed by atoms with Crippen LogP contribution < -0.4 is 14.8 Å². The minimum atomic E-state index is -0.565. The van der Waals surface area contributed by atoms with Gasteiger partial charge in [0.2, 0.25) is 5.91 Å². The van der Waals surface area contributed by atoms with Crippen molar-refractivity contribution < 1.29 is 23.8 Å². The summed E-state index contributed by atoms with van der Waals surface area (Å²) >= 11 is 0. The first kappa shape index (κ1) is 15.8. The Labute approximate surface area is 118 Å². The van der Waals surface area contributed by atoms with Crippen molar-refractivity contribution in [3.05, 3.63) is 17.7 Å². The third kappa shape index (κ3) is 3.40. The summed E-state index contributed by atoms with van der Waals surface area (Å²) in [4.78, 5) is 23.6. The lowest BCUT2D eigenvalue weighted by Crippen LogP contribution is -2.20. The van der Waals surface area contributed by atoms with Gasteiger partial charge in [-0.2, -0.15) is 0 Å². The van der Waals surface area contributed by atoms with Gasteiger partial charge in [-0.3, -0.25) is 4.79 Å². The maximum atomic E-state index is 11.8. The molecule has 0 radical (unpaired) electrons. The molecule has 0 saturated carbocycles. The normalized spacial score (nSPS) is 10.1. The van der Waals surface area contributed by atoms with Crippen molar-refractivity contribution in [2.75, 3.05) is 26.6 Å². The standard InChI is InChI=1S/C14H19NO5/c1-8(2)13(16)15-10-7-12(19-4)11(18-3)6-9(10)14(17)20-5/h6-8H,1-5H3,(H,15,16). The number of hydrogen-bond donors (Lipinski definition) is 1. The SMILES string of the molecule is COC(=O)c1cc(OC)c(OC)cc1NC(=O)C(C)C. The van der Waals surface area contributed by atoms with Crippen LogP contribution in [-0.4, -0.2) is 33.2 Å². The van der Waals surface area contributed by atoms with E-state index in [1.165, 1.54) is 33.5 Å². The molecule has 20 heavy (non-hydrogen) atoms. The number of benzene rings is 1. The highest BCUT2D eigenvalue weighted by atomic mass is 16.5. The Hall–Kier alpha value is -2.24. The lowest BCUT2D eigenvalue weighted by molar-refractivity contribution is -0.118. The van der Waals surface area contributed by atoms with E-state index in [9.17, 15) is 9.59 Å². The topological polar surface area (TPSA) is 73.9 Å². The van der Waals surface area contributed by atoms with Gasteiger partial charge in [0.05, 0.1) is 32.6 Å². The van der Waals surface area contributed by atoms with E-state index in [4.69, 9.17) is 14.2 Å². The quantitative estimate of drug-likeness (QED) is 0.836. The zero-order valence-electron chi connectivity index (χ0n) is 12.3. The van der Waals surface area contributed by atoms with Crippen LogP contribution in [0.4, 0.5) is 5.69 Å². The predicted molar refractivity (Wildman–Crippen MR) is 74.4 cm³/mol. The number of nitrogens with one attached hydrogen (secondary N) is 1. The summed E-state index contributed by atoms with van der Waals surface area (Å²) in [5.74, 6) is -0.185. The van der Waals surface area contributed by atoms with Crippen LogP contribution in [0, 0.1) is 5.92 Å². The number of anilines is 1. The molecule has 1 N–H and O–H groups in total. The predicted octanol–water partition coefficient (Wildman–Crippen LogP) is 2.08. The summed E-state index contributed by atoms with van der Waals surface area (Å²) in [5.41, 5.74) is 0.535. The van der Waals surface area contributed by atoms with Crippen LogP contribution in [0.15, 0.2) is 12.1 Å². The van der Waals surface area contributed by atoms with Gasteiger partial charge in [-0.1, -0.05) is 13.8 Å². The van der Waals surface area contributed by atoms with E-state index in [1.54, 1.807) is 13.8 Å². The van der Waals surface area contributed by atoms with Gasteiger partial charge in [-0.15, -0.1) is 0 Å². The van der Waals surface area contributed by atoms with Gasteiger partial charge < -0.3 is 19.5 Å². The van der Waals surface area contributed by atoms with Crippen LogP contribution in [-0.2, 0) is 9.53 Å². The van der Waals surface area contributed by atoms with E-state index in [0.29, 0.717) is 17.2 Å². The fraction of sp³-hybridized carbons (Fsp3) is 0.429. The van der Waals surface area contributed by atoms with Crippen molar-refractivity contribution in [1.29, 1.82) is 0 Å². The van der Waals surface area contributed by atoms with E-state index < -0.39 is 5.97 Å². The Balaban J connectivity index is 3.31. The molecule has 6 nitrogen and oxygen atoms in total. The van der Waals surface area contributed by atoms with Gasteiger partial charge in [-0.25, -0.2) is 4.79 Å². The van der Waals surface area contributed by atoms with Crippen molar-refractivity contribution in [3.63, 3.8) is 0 Å². The summed E-state index contributed by atoms with van der Waals surface area (Å²) in [6.07, 6.45) is 0. The third-order valence-electron chi connectivity index (χ3n) is 2.71. The second-order valence-corrected chi connectivity index (χ2v) is 4.39. The average molecular weight is 281 g/mol. The Morgan fingerprint density at radius 3 is 2.05 bits per heavy atom. The molecular weight excluding hydrogens is 262 g/mol. The fourth-order valence-electron chi connectivity index (χ4n) is 1.54. The number of hydrogen-bond acceptors (Lipinski definition) is 5. The molecule has 110 valence electrons. The average Bonchev–Trinajstić information content (AvgIpc) is 2.45. The molecule has 1 amide bonds. The number of carbonyl (C=O) groups is 2. The maximum absolute atomic E-state index is 11.8. The van der Waals surface area contributed by atoms with Gasteiger partial charge in [0, 0.05) is 18.1 Å². The van der Waals surface area contributed by atoms with Crippen LogP contribution in [0.2, 0.25) is 0 Å². The Morgan fingerprint density at radius 2 is 1.60 bits per heavy atom. The molecule has 0 spiro atoms. The fourth-order valence-corrected chi connectivity index (χ4v) is 1.54. The lowest BCUT2D eigenvalue weighted by atomic mass is 10.1. The van der Waals surface area contributed by atoms with Gasteiger partial charge in [-0.05, 0) is 0 Å². The highest BCUT2D eigenvalue weighted by Crippen LogP contribution is 2.33. The van der Waals surface area contributed by atoms with Crippen molar-refractivity contribution >= 4 is 17.6 Å². The van der Waals surface area contributed by atoms with Gasteiger partial charge in [0.25, 0.3) is 0 Å². The molecule has 1 rings (SSSR count). The van der Waals surface area contributed by atoms with E-state index >= 15 is 0 Å². The lowest BCUT2D eigenvalue weighted by Gasteiger charge is -2.15. The highest BCUT2D eigenvalue weighted by Gasteiger charge is 2.19. The number of methoxy groups -OCH3 is 3. The van der Waals surface area contributed by atoms with E-state index in [2.05, 4.69) is 5.32 Å². The minimum Gasteiger partial charge on any atom is -0.493 e. The Morgan fingerprint density at radius 1 is 1.05 bits per heavy atom. The van der Waals surface area contributed by atoms with Gasteiger partial charge in [0.1, 0.15) is 0 Å². The van der Waals surface area contributed by atoms with E-state index in [-0.39, 0.29) is 17.4 Å². The van der Waals surface area contributed by atoms with Crippen molar-refractivity contribution in [2.45, 2.75) is 13.8 Å². The van der Waals surface area contributed by atoms with Crippen LogP contribution in [0.3, 0.4) is 0 Å². The van der Waals surface area contributed by atoms with Crippen LogP contribution in [0.1, 0.15) is 24.2 Å². The number of ether oxygens (including phenoxy) is 3. The zero-order valence-corrected chi connectivity index (χ0v) is 12.3. The van der Waals surface area contributed by atoms with Crippen LogP contribution in [0.25, 0.3) is 0 Å². The van der Waals surface area contributed by atoms with E-state index in [0.717, 1.165) is 0 Å². The number of rotatable bonds is 5.